The van der Waals surface area contributed by atoms with Crippen molar-refractivity contribution >= 4 is 33.2 Å². The van der Waals surface area contributed by atoms with Crippen molar-refractivity contribution in [2.45, 2.75) is 30.3 Å². The second-order valence-electron chi connectivity index (χ2n) is 4.33. The molecule has 1 saturated carbocycles. The van der Waals surface area contributed by atoms with Crippen molar-refractivity contribution in [2.24, 2.45) is 5.73 Å². The summed E-state index contributed by atoms with van der Waals surface area (Å²) in [6.45, 7) is 0.148. The van der Waals surface area contributed by atoms with Crippen LogP contribution >= 0.6 is 23.2 Å². The van der Waals surface area contributed by atoms with Crippen LogP contribution in [0.15, 0.2) is 17.0 Å². The van der Waals surface area contributed by atoms with Gasteiger partial charge in [0.25, 0.3) is 0 Å². The van der Waals surface area contributed by atoms with E-state index in [0.717, 1.165) is 12.8 Å². The van der Waals surface area contributed by atoms with E-state index in [-0.39, 0.29) is 22.5 Å². The number of nitrogens with zero attached hydrogens (tertiary/aromatic N) is 1. The monoisotopic (exact) mass is 308 g/mol. The molecule has 4 nitrogen and oxygen atoms in total. The Morgan fingerprint density at radius 1 is 1.39 bits per heavy atom. The minimum atomic E-state index is -3.60. The lowest BCUT2D eigenvalue weighted by Gasteiger charge is -2.18. The molecule has 18 heavy (non-hydrogen) atoms. The van der Waals surface area contributed by atoms with Crippen molar-refractivity contribution in [1.82, 2.24) is 4.31 Å². The normalized spacial score (nSPS) is 16.3. The van der Waals surface area contributed by atoms with Gasteiger partial charge in [-0.1, -0.05) is 23.2 Å². The van der Waals surface area contributed by atoms with E-state index in [2.05, 4.69) is 0 Å². The van der Waals surface area contributed by atoms with Crippen LogP contribution in [0.2, 0.25) is 10.0 Å². The van der Waals surface area contributed by atoms with Crippen LogP contribution in [-0.2, 0) is 16.6 Å². The first-order valence-electron chi connectivity index (χ1n) is 5.54. The average molecular weight is 309 g/mol. The first-order chi connectivity index (χ1) is 8.37. The van der Waals surface area contributed by atoms with E-state index in [1.807, 2.05) is 0 Å². The molecule has 0 atom stereocenters. The Hall–Kier alpha value is -0.330. The summed E-state index contributed by atoms with van der Waals surface area (Å²) in [4.78, 5) is 0.0338. The maximum atomic E-state index is 12.4. The molecule has 2 rings (SSSR count). The Kier molecular flexibility index (Phi) is 3.90. The predicted octanol–water partition coefficient (Wildman–Crippen LogP) is 2.23. The molecule has 2 N–H and O–H groups in total. The van der Waals surface area contributed by atoms with Crippen LogP contribution in [0.3, 0.4) is 0 Å². The molecule has 1 fully saturated rings. The smallest absolute Gasteiger partial charge is 0.244 e. The fourth-order valence-corrected chi connectivity index (χ4v) is 4.08. The lowest BCUT2D eigenvalue weighted by molar-refractivity contribution is 0.464. The van der Waals surface area contributed by atoms with E-state index in [0.29, 0.717) is 10.6 Å². The molecular formula is C11H14Cl2N2O2S. The van der Waals surface area contributed by atoms with Gasteiger partial charge in [0.15, 0.2) is 0 Å². The number of hydrogen-bond donors (Lipinski definition) is 1. The first kappa shape index (κ1) is 14.1. The summed E-state index contributed by atoms with van der Waals surface area (Å²) in [5, 5.41) is 0.483. The van der Waals surface area contributed by atoms with E-state index in [1.165, 1.54) is 10.4 Å². The summed E-state index contributed by atoms with van der Waals surface area (Å²) in [6, 6.07) is 3.03. The molecule has 0 bridgehead atoms. The zero-order chi connectivity index (χ0) is 13.5. The van der Waals surface area contributed by atoms with Gasteiger partial charge in [0.05, 0.1) is 5.02 Å². The molecular weight excluding hydrogens is 295 g/mol. The summed E-state index contributed by atoms with van der Waals surface area (Å²) in [5.41, 5.74) is 6.06. The quantitative estimate of drug-likeness (QED) is 0.927. The van der Waals surface area contributed by atoms with Crippen molar-refractivity contribution < 1.29 is 8.42 Å². The second kappa shape index (κ2) is 4.98. The second-order valence-corrected chi connectivity index (χ2v) is 7.11. The van der Waals surface area contributed by atoms with E-state index in [4.69, 9.17) is 28.9 Å². The molecule has 0 aliphatic heterocycles. The Balaban J connectivity index is 2.53. The molecule has 7 heteroatoms. The molecule has 1 aromatic carbocycles. The van der Waals surface area contributed by atoms with Crippen LogP contribution in [0.5, 0.6) is 0 Å². The third-order valence-corrected chi connectivity index (χ3v) is 5.73. The van der Waals surface area contributed by atoms with Gasteiger partial charge in [0, 0.05) is 24.7 Å². The highest BCUT2D eigenvalue weighted by Gasteiger charge is 2.36. The molecule has 0 spiro atoms. The maximum Gasteiger partial charge on any atom is 0.244 e. The van der Waals surface area contributed by atoms with Gasteiger partial charge in [-0.25, -0.2) is 8.42 Å². The summed E-state index contributed by atoms with van der Waals surface area (Å²) < 4.78 is 26.1. The van der Waals surface area contributed by atoms with Crippen LogP contribution in [0, 0.1) is 0 Å². The predicted molar refractivity (Wildman–Crippen MR) is 72.3 cm³/mol. The lowest BCUT2D eigenvalue weighted by Crippen LogP contribution is -2.29. The van der Waals surface area contributed by atoms with Gasteiger partial charge in [-0.3, -0.25) is 0 Å². The first-order valence-corrected chi connectivity index (χ1v) is 7.73. The van der Waals surface area contributed by atoms with Gasteiger partial charge in [-0.05, 0) is 30.5 Å². The zero-order valence-corrected chi connectivity index (χ0v) is 12.2. The van der Waals surface area contributed by atoms with Gasteiger partial charge in [0.2, 0.25) is 10.0 Å². The van der Waals surface area contributed by atoms with E-state index < -0.39 is 10.0 Å². The average Bonchev–Trinajstić information content (AvgIpc) is 3.14. The molecule has 1 aliphatic rings. The highest BCUT2D eigenvalue weighted by molar-refractivity contribution is 7.89. The number of hydrogen-bond acceptors (Lipinski definition) is 3. The maximum absolute atomic E-state index is 12.4. The topological polar surface area (TPSA) is 63.4 Å². The third-order valence-electron chi connectivity index (χ3n) is 3.02. The highest BCUT2D eigenvalue weighted by atomic mass is 35.5. The van der Waals surface area contributed by atoms with Crippen LogP contribution in [0.25, 0.3) is 0 Å². The fraction of sp³-hybridized carbons (Fsp3) is 0.455. The molecule has 0 saturated heterocycles. The van der Waals surface area contributed by atoms with Crippen LogP contribution in [0.1, 0.15) is 18.4 Å². The number of benzene rings is 1. The summed E-state index contributed by atoms with van der Waals surface area (Å²) in [6.07, 6.45) is 1.77. The Labute approximate surface area is 117 Å². The fourth-order valence-electron chi connectivity index (χ4n) is 1.74. The number of nitrogens with two attached hydrogens (primary N) is 1. The van der Waals surface area contributed by atoms with Gasteiger partial charge in [0.1, 0.15) is 4.90 Å². The molecule has 100 valence electrons. The molecule has 0 amide bonds. The van der Waals surface area contributed by atoms with Crippen molar-refractivity contribution in [3.8, 4) is 0 Å². The highest BCUT2D eigenvalue weighted by Crippen LogP contribution is 2.35. The van der Waals surface area contributed by atoms with Crippen molar-refractivity contribution in [3.05, 3.63) is 27.7 Å². The summed E-state index contributed by atoms with van der Waals surface area (Å²) in [7, 11) is -2.04. The SMILES string of the molecule is CN(C1CC1)S(=O)(=O)c1cc(Cl)cc(CN)c1Cl. The van der Waals surface area contributed by atoms with Gasteiger partial charge in [-0.2, -0.15) is 4.31 Å². The largest absolute Gasteiger partial charge is 0.326 e. The molecule has 1 aliphatic carbocycles. The molecule has 0 heterocycles. The van der Waals surface area contributed by atoms with Crippen molar-refractivity contribution in [1.29, 1.82) is 0 Å². The minimum absolute atomic E-state index is 0.0338. The van der Waals surface area contributed by atoms with Gasteiger partial charge in [-0.15, -0.1) is 0 Å². The van der Waals surface area contributed by atoms with Crippen molar-refractivity contribution in [3.63, 3.8) is 0 Å². The number of rotatable bonds is 4. The van der Waals surface area contributed by atoms with Crippen molar-refractivity contribution in [2.75, 3.05) is 7.05 Å². The minimum Gasteiger partial charge on any atom is -0.326 e. The third kappa shape index (κ3) is 2.51. The Morgan fingerprint density at radius 2 is 2.00 bits per heavy atom. The lowest BCUT2D eigenvalue weighted by atomic mass is 10.2. The van der Waals surface area contributed by atoms with Crippen LogP contribution in [0.4, 0.5) is 0 Å². The molecule has 1 aromatic rings. The molecule has 0 unspecified atom stereocenters. The summed E-state index contributed by atoms with van der Waals surface area (Å²) >= 11 is 12.0. The molecule has 0 aromatic heterocycles. The molecule has 0 radical (unpaired) electrons. The summed E-state index contributed by atoms with van der Waals surface area (Å²) in [5.74, 6) is 0. The standard InChI is InChI=1S/C11H14Cl2N2O2S/c1-15(9-2-3-9)18(16,17)10-5-8(12)4-7(6-14)11(10)13/h4-5,9H,2-3,6,14H2,1H3. The van der Waals surface area contributed by atoms with Crippen LogP contribution in [-0.4, -0.2) is 25.8 Å². The van der Waals surface area contributed by atoms with E-state index in [1.54, 1.807) is 13.1 Å². The van der Waals surface area contributed by atoms with Gasteiger partial charge >= 0.3 is 0 Å². The Bertz CT molecular complexity index is 571. The van der Waals surface area contributed by atoms with Gasteiger partial charge < -0.3 is 5.73 Å². The Morgan fingerprint density at radius 3 is 2.50 bits per heavy atom. The van der Waals surface area contributed by atoms with E-state index >= 15 is 0 Å². The zero-order valence-electron chi connectivity index (χ0n) is 9.86. The van der Waals surface area contributed by atoms with Crippen LogP contribution < -0.4 is 5.73 Å². The number of sulfonamides is 1. The number of halogens is 2. The van der Waals surface area contributed by atoms with E-state index in [9.17, 15) is 8.42 Å².